The summed E-state index contributed by atoms with van der Waals surface area (Å²) in [6, 6.07) is 14.8. The highest BCUT2D eigenvalue weighted by Gasteiger charge is 2.04. The monoisotopic (exact) mass is 268 g/mol. The molecule has 2 aromatic rings. The molecule has 2 nitrogen and oxygen atoms in total. The molecule has 0 unspecified atom stereocenters. The largest absolute Gasteiger partial charge is 0.399 e. The van der Waals surface area contributed by atoms with Crippen LogP contribution in [0.5, 0.6) is 0 Å². The van der Waals surface area contributed by atoms with Crippen LogP contribution in [-0.2, 0) is 13.0 Å². The first-order chi connectivity index (χ1) is 9.54. The number of aryl methyl sites for hydroxylation is 2. The van der Waals surface area contributed by atoms with Crippen molar-refractivity contribution in [3.05, 3.63) is 64.7 Å². The maximum Gasteiger partial charge on any atom is 0.0317 e. The number of nitrogens with zero attached hydrogens (tertiary/aromatic N) is 1. The average molecular weight is 268 g/mol. The molecular formula is C18H24N2. The van der Waals surface area contributed by atoms with E-state index in [1.54, 1.807) is 0 Å². The molecule has 20 heavy (non-hydrogen) atoms. The summed E-state index contributed by atoms with van der Waals surface area (Å²) in [6.45, 7) is 6.33. The van der Waals surface area contributed by atoms with Crippen LogP contribution in [0.25, 0.3) is 0 Å². The lowest BCUT2D eigenvalue weighted by Crippen LogP contribution is -2.21. The molecular weight excluding hydrogens is 244 g/mol. The van der Waals surface area contributed by atoms with E-state index in [1.807, 2.05) is 12.1 Å². The van der Waals surface area contributed by atoms with Crippen molar-refractivity contribution in [3.8, 4) is 0 Å². The number of hydrogen-bond donors (Lipinski definition) is 1. The Kier molecular flexibility index (Phi) is 4.80. The van der Waals surface area contributed by atoms with Crippen molar-refractivity contribution in [2.24, 2.45) is 0 Å². The van der Waals surface area contributed by atoms with Crippen LogP contribution < -0.4 is 5.73 Å². The zero-order chi connectivity index (χ0) is 14.5. The van der Waals surface area contributed by atoms with Gasteiger partial charge in [0.05, 0.1) is 0 Å². The smallest absolute Gasteiger partial charge is 0.0317 e. The van der Waals surface area contributed by atoms with E-state index in [1.165, 1.54) is 22.3 Å². The summed E-state index contributed by atoms with van der Waals surface area (Å²) < 4.78 is 0. The van der Waals surface area contributed by atoms with Gasteiger partial charge in [-0.1, -0.05) is 35.9 Å². The number of benzene rings is 2. The molecule has 2 heteroatoms. The molecule has 2 N–H and O–H groups in total. The van der Waals surface area contributed by atoms with Crippen molar-refractivity contribution in [3.63, 3.8) is 0 Å². The maximum atomic E-state index is 5.82. The zero-order valence-corrected chi connectivity index (χ0v) is 12.7. The molecule has 0 heterocycles. The first-order valence-corrected chi connectivity index (χ1v) is 7.13. The number of nitrogen functional groups attached to an aromatic ring is 1. The molecule has 0 aliphatic carbocycles. The fourth-order valence-corrected chi connectivity index (χ4v) is 2.46. The van der Waals surface area contributed by atoms with Crippen molar-refractivity contribution in [1.82, 2.24) is 4.90 Å². The molecule has 0 saturated carbocycles. The summed E-state index contributed by atoms with van der Waals surface area (Å²) in [5.41, 5.74) is 12.1. The van der Waals surface area contributed by atoms with Gasteiger partial charge in [-0.05, 0) is 56.1 Å². The van der Waals surface area contributed by atoms with Crippen molar-refractivity contribution < 1.29 is 0 Å². The molecule has 0 saturated heterocycles. The number of anilines is 1. The molecule has 106 valence electrons. The van der Waals surface area contributed by atoms with Crippen molar-refractivity contribution in [2.45, 2.75) is 26.8 Å². The van der Waals surface area contributed by atoms with E-state index >= 15 is 0 Å². The van der Waals surface area contributed by atoms with Crippen LogP contribution >= 0.6 is 0 Å². The first kappa shape index (κ1) is 14.6. The summed E-state index contributed by atoms with van der Waals surface area (Å²) in [5, 5.41) is 0. The normalized spacial score (nSPS) is 11.0. The molecule has 0 atom stereocenters. The molecule has 0 radical (unpaired) electrons. The minimum Gasteiger partial charge on any atom is -0.399 e. The fraction of sp³-hybridized carbons (Fsp3) is 0.333. The van der Waals surface area contributed by atoms with E-state index in [9.17, 15) is 0 Å². The standard InChI is InChI=1S/C18H24N2/c1-14-7-8-15(2)17(11-14)9-10-20(3)13-16-5-4-6-18(19)12-16/h4-8,11-12H,9-10,13,19H2,1-3H3. The highest BCUT2D eigenvalue weighted by Crippen LogP contribution is 2.13. The molecule has 2 rings (SSSR count). The zero-order valence-electron chi connectivity index (χ0n) is 12.7. The summed E-state index contributed by atoms with van der Waals surface area (Å²) in [6.07, 6.45) is 1.09. The fourth-order valence-electron chi connectivity index (χ4n) is 2.46. The maximum absolute atomic E-state index is 5.82. The molecule has 0 aliphatic heterocycles. The van der Waals surface area contributed by atoms with Crippen molar-refractivity contribution >= 4 is 5.69 Å². The van der Waals surface area contributed by atoms with Gasteiger partial charge in [0, 0.05) is 18.8 Å². The van der Waals surface area contributed by atoms with Crippen LogP contribution in [0.4, 0.5) is 5.69 Å². The molecule has 0 aromatic heterocycles. The van der Waals surface area contributed by atoms with Gasteiger partial charge in [0.2, 0.25) is 0 Å². The third-order valence-electron chi connectivity index (χ3n) is 3.67. The topological polar surface area (TPSA) is 29.3 Å². The molecule has 0 amide bonds. The van der Waals surface area contributed by atoms with Gasteiger partial charge in [-0.2, -0.15) is 0 Å². The SMILES string of the molecule is Cc1ccc(C)c(CCN(C)Cc2cccc(N)c2)c1. The Morgan fingerprint density at radius 3 is 2.60 bits per heavy atom. The highest BCUT2D eigenvalue weighted by molar-refractivity contribution is 5.40. The third kappa shape index (κ3) is 4.10. The van der Waals surface area contributed by atoms with Gasteiger partial charge in [-0.25, -0.2) is 0 Å². The number of rotatable bonds is 5. The van der Waals surface area contributed by atoms with Crippen LogP contribution in [-0.4, -0.2) is 18.5 Å². The first-order valence-electron chi connectivity index (χ1n) is 7.13. The Morgan fingerprint density at radius 2 is 1.85 bits per heavy atom. The second-order valence-corrected chi connectivity index (χ2v) is 5.66. The molecule has 0 aliphatic rings. The van der Waals surface area contributed by atoms with Gasteiger partial charge in [0.15, 0.2) is 0 Å². The second kappa shape index (κ2) is 6.58. The summed E-state index contributed by atoms with van der Waals surface area (Å²) in [4.78, 5) is 2.34. The van der Waals surface area contributed by atoms with E-state index in [-0.39, 0.29) is 0 Å². The van der Waals surface area contributed by atoms with Gasteiger partial charge in [0.25, 0.3) is 0 Å². The third-order valence-corrected chi connectivity index (χ3v) is 3.67. The quantitative estimate of drug-likeness (QED) is 0.840. The summed E-state index contributed by atoms with van der Waals surface area (Å²) >= 11 is 0. The predicted octanol–water partition coefficient (Wildman–Crippen LogP) is 3.56. The van der Waals surface area contributed by atoms with Gasteiger partial charge in [-0.3, -0.25) is 0 Å². The van der Waals surface area contributed by atoms with Gasteiger partial charge < -0.3 is 10.6 Å². The van der Waals surface area contributed by atoms with E-state index in [4.69, 9.17) is 5.73 Å². The van der Waals surface area contributed by atoms with E-state index in [0.29, 0.717) is 0 Å². The molecule has 0 bridgehead atoms. The second-order valence-electron chi connectivity index (χ2n) is 5.66. The van der Waals surface area contributed by atoms with Crippen LogP contribution in [0.2, 0.25) is 0 Å². The molecule has 0 fully saturated rings. The Hall–Kier alpha value is -1.80. The van der Waals surface area contributed by atoms with E-state index in [0.717, 1.165) is 25.2 Å². The minimum atomic E-state index is 0.838. The molecule has 2 aromatic carbocycles. The lowest BCUT2D eigenvalue weighted by Gasteiger charge is -2.18. The average Bonchev–Trinajstić information content (AvgIpc) is 2.40. The Morgan fingerprint density at radius 1 is 1.05 bits per heavy atom. The number of nitrogens with two attached hydrogens (primary N) is 1. The highest BCUT2D eigenvalue weighted by atomic mass is 15.1. The van der Waals surface area contributed by atoms with E-state index < -0.39 is 0 Å². The lowest BCUT2D eigenvalue weighted by molar-refractivity contribution is 0.331. The van der Waals surface area contributed by atoms with Crippen LogP contribution in [0.1, 0.15) is 22.3 Å². The summed E-state index contributed by atoms with van der Waals surface area (Å²) in [7, 11) is 2.16. The predicted molar refractivity (Wildman–Crippen MR) is 86.8 cm³/mol. The Labute approximate surface area is 122 Å². The van der Waals surface area contributed by atoms with Crippen LogP contribution in [0.3, 0.4) is 0 Å². The number of hydrogen-bond acceptors (Lipinski definition) is 2. The summed E-state index contributed by atoms with van der Waals surface area (Å²) in [5.74, 6) is 0. The van der Waals surface area contributed by atoms with Crippen molar-refractivity contribution in [1.29, 1.82) is 0 Å². The van der Waals surface area contributed by atoms with Gasteiger partial charge in [0.1, 0.15) is 0 Å². The Balaban J connectivity index is 1.92. The van der Waals surface area contributed by atoms with Crippen LogP contribution in [0.15, 0.2) is 42.5 Å². The minimum absolute atomic E-state index is 0.838. The Bertz CT molecular complexity index is 575. The van der Waals surface area contributed by atoms with Crippen molar-refractivity contribution in [2.75, 3.05) is 19.3 Å². The van der Waals surface area contributed by atoms with Gasteiger partial charge >= 0.3 is 0 Å². The lowest BCUT2D eigenvalue weighted by atomic mass is 10.0. The van der Waals surface area contributed by atoms with Crippen LogP contribution in [0, 0.1) is 13.8 Å². The van der Waals surface area contributed by atoms with Gasteiger partial charge in [-0.15, -0.1) is 0 Å². The molecule has 0 spiro atoms. The van der Waals surface area contributed by atoms with E-state index in [2.05, 4.69) is 56.1 Å². The number of likely N-dealkylation sites (N-methyl/N-ethyl adjacent to an activating group) is 1.